The van der Waals surface area contributed by atoms with Crippen molar-refractivity contribution in [3.8, 4) is 0 Å². The molecule has 0 amide bonds. The normalized spacial score (nSPS) is 12.9. The summed E-state index contributed by atoms with van der Waals surface area (Å²) in [5.41, 5.74) is 0. The number of aliphatic imine (C=N–C) groups is 1. The molecule has 7 heteroatoms. The Balaban J connectivity index is 0.00000441. The van der Waals surface area contributed by atoms with E-state index in [0.29, 0.717) is 12.6 Å². The number of nitrogens with zero attached hydrogens (tertiary/aromatic N) is 3. The smallest absolute Gasteiger partial charge is 0.191 e. The average molecular weight is 439 g/mol. The van der Waals surface area contributed by atoms with Gasteiger partial charge in [-0.05, 0) is 33.9 Å². The molecule has 0 aromatic carbocycles. The number of rotatable bonds is 8. The van der Waals surface area contributed by atoms with Crippen LogP contribution in [-0.2, 0) is 6.54 Å². The predicted octanol–water partition coefficient (Wildman–Crippen LogP) is 2.85. The van der Waals surface area contributed by atoms with Crippen LogP contribution >= 0.6 is 35.3 Å². The molecule has 0 spiro atoms. The van der Waals surface area contributed by atoms with E-state index in [1.807, 2.05) is 6.20 Å². The van der Waals surface area contributed by atoms with Crippen molar-refractivity contribution in [1.29, 1.82) is 0 Å². The van der Waals surface area contributed by atoms with Gasteiger partial charge in [-0.15, -0.1) is 35.3 Å². The standard InChI is InChI=1S/C15H29N5S.HI/c1-6-16-15(18-9-12(4)20(7-2)8-3)19-11-14-17-10-13(5)21-14;/h10,12H,6-9,11H2,1-5H3,(H2,16,18,19);1H. The van der Waals surface area contributed by atoms with E-state index < -0.39 is 0 Å². The first-order chi connectivity index (χ1) is 10.1. The zero-order chi connectivity index (χ0) is 15.7. The molecule has 1 unspecified atom stereocenters. The molecule has 0 aliphatic carbocycles. The Kier molecular flexibility index (Phi) is 11.8. The lowest BCUT2D eigenvalue weighted by Crippen LogP contribution is -2.45. The molecule has 0 aliphatic heterocycles. The van der Waals surface area contributed by atoms with Crippen LogP contribution in [0.4, 0.5) is 0 Å². The van der Waals surface area contributed by atoms with Gasteiger partial charge in [-0.1, -0.05) is 13.8 Å². The molecule has 0 saturated carbocycles. The quantitative estimate of drug-likeness (QED) is 0.372. The van der Waals surface area contributed by atoms with E-state index >= 15 is 0 Å². The molecule has 128 valence electrons. The number of hydrogen-bond acceptors (Lipinski definition) is 4. The van der Waals surface area contributed by atoms with Crippen molar-refractivity contribution in [1.82, 2.24) is 20.5 Å². The molecule has 0 radical (unpaired) electrons. The molecular weight excluding hydrogens is 409 g/mol. The lowest BCUT2D eigenvalue weighted by atomic mass is 10.3. The van der Waals surface area contributed by atoms with Gasteiger partial charge in [0.25, 0.3) is 0 Å². The first-order valence-electron chi connectivity index (χ1n) is 7.78. The van der Waals surface area contributed by atoms with Crippen LogP contribution in [0.2, 0.25) is 0 Å². The number of aromatic nitrogens is 1. The highest BCUT2D eigenvalue weighted by Gasteiger charge is 2.10. The maximum absolute atomic E-state index is 4.60. The first kappa shape index (κ1) is 21.6. The van der Waals surface area contributed by atoms with E-state index in [-0.39, 0.29) is 24.0 Å². The Morgan fingerprint density at radius 1 is 1.32 bits per heavy atom. The minimum atomic E-state index is 0. The lowest BCUT2D eigenvalue weighted by molar-refractivity contribution is 0.231. The minimum Gasteiger partial charge on any atom is -0.357 e. The summed E-state index contributed by atoms with van der Waals surface area (Å²) in [6.45, 7) is 15.3. The number of nitrogens with one attached hydrogen (secondary N) is 2. The highest BCUT2D eigenvalue weighted by molar-refractivity contribution is 14.0. The zero-order valence-corrected chi connectivity index (χ0v) is 17.5. The number of likely N-dealkylation sites (N-methyl/N-ethyl adjacent to an activating group) is 1. The second kappa shape index (κ2) is 12.1. The van der Waals surface area contributed by atoms with Crippen molar-refractivity contribution < 1.29 is 0 Å². The Labute approximate surface area is 156 Å². The lowest BCUT2D eigenvalue weighted by Gasteiger charge is -2.27. The van der Waals surface area contributed by atoms with Crippen LogP contribution in [-0.4, -0.2) is 48.1 Å². The Morgan fingerprint density at radius 3 is 2.50 bits per heavy atom. The fraction of sp³-hybridized carbons (Fsp3) is 0.733. The van der Waals surface area contributed by atoms with E-state index in [1.165, 1.54) is 4.88 Å². The van der Waals surface area contributed by atoms with Gasteiger partial charge in [0.2, 0.25) is 0 Å². The topological polar surface area (TPSA) is 52.6 Å². The van der Waals surface area contributed by atoms with Crippen LogP contribution in [0.25, 0.3) is 0 Å². The Bertz CT molecular complexity index is 431. The largest absolute Gasteiger partial charge is 0.357 e. The first-order valence-corrected chi connectivity index (χ1v) is 8.59. The van der Waals surface area contributed by atoms with Crippen molar-refractivity contribution in [2.45, 2.75) is 47.2 Å². The summed E-state index contributed by atoms with van der Waals surface area (Å²) in [5.74, 6) is 0.865. The molecule has 0 saturated heterocycles. The fourth-order valence-corrected chi connectivity index (χ4v) is 2.89. The summed E-state index contributed by atoms with van der Waals surface area (Å²) >= 11 is 1.70. The van der Waals surface area contributed by atoms with Gasteiger partial charge in [-0.2, -0.15) is 0 Å². The second-order valence-electron chi connectivity index (χ2n) is 5.01. The third-order valence-corrected chi connectivity index (χ3v) is 4.28. The third-order valence-electron chi connectivity index (χ3n) is 3.39. The molecule has 0 fully saturated rings. The predicted molar refractivity (Wildman–Crippen MR) is 107 cm³/mol. The van der Waals surface area contributed by atoms with Gasteiger partial charge in [-0.25, -0.2) is 9.98 Å². The van der Waals surface area contributed by atoms with E-state index in [9.17, 15) is 0 Å². The molecule has 2 N–H and O–H groups in total. The van der Waals surface area contributed by atoms with Crippen molar-refractivity contribution in [3.05, 3.63) is 16.1 Å². The Morgan fingerprint density at radius 2 is 2.00 bits per heavy atom. The average Bonchev–Trinajstić information content (AvgIpc) is 2.89. The van der Waals surface area contributed by atoms with Gasteiger partial charge < -0.3 is 10.6 Å². The van der Waals surface area contributed by atoms with Gasteiger partial charge in [0.15, 0.2) is 5.96 Å². The summed E-state index contributed by atoms with van der Waals surface area (Å²) in [4.78, 5) is 12.6. The van der Waals surface area contributed by atoms with Crippen molar-refractivity contribution in [2.24, 2.45) is 4.99 Å². The summed E-state index contributed by atoms with van der Waals surface area (Å²) in [5, 5.41) is 7.76. The number of aryl methyl sites for hydroxylation is 1. The van der Waals surface area contributed by atoms with Crippen molar-refractivity contribution >= 4 is 41.3 Å². The molecule has 0 aliphatic rings. The zero-order valence-electron chi connectivity index (χ0n) is 14.3. The molecule has 1 heterocycles. The number of thiazole rings is 1. The van der Waals surface area contributed by atoms with Gasteiger partial charge in [-0.3, -0.25) is 4.90 Å². The SMILES string of the molecule is CCNC(=NCc1ncc(C)s1)NCC(C)N(CC)CC.I. The van der Waals surface area contributed by atoms with Crippen molar-refractivity contribution in [3.63, 3.8) is 0 Å². The molecule has 22 heavy (non-hydrogen) atoms. The third kappa shape index (κ3) is 7.73. The molecular formula is C15H30IN5S. The minimum absolute atomic E-state index is 0. The molecule has 1 atom stereocenters. The molecule has 5 nitrogen and oxygen atoms in total. The summed E-state index contributed by atoms with van der Waals surface area (Å²) in [6, 6.07) is 0.492. The van der Waals surface area contributed by atoms with Gasteiger partial charge in [0.05, 0.1) is 6.54 Å². The maximum Gasteiger partial charge on any atom is 0.191 e. The maximum atomic E-state index is 4.60. The number of halogens is 1. The van der Waals surface area contributed by atoms with Crippen LogP contribution in [0.3, 0.4) is 0 Å². The highest BCUT2D eigenvalue weighted by atomic mass is 127. The number of hydrogen-bond donors (Lipinski definition) is 2. The van der Waals surface area contributed by atoms with Crippen molar-refractivity contribution in [2.75, 3.05) is 26.2 Å². The van der Waals surface area contributed by atoms with Crippen LogP contribution in [0, 0.1) is 6.92 Å². The summed E-state index contributed by atoms with van der Waals surface area (Å²) in [7, 11) is 0. The Hall–Kier alpha value is -0.410. The van der Waals surface area contributed by atoms with Gasteiger partial charge in [0.1, 0.15) is 5.01 Å². The van der Waals surface area contributed by atoms with E-state index in [2.05, 4.69) is 60.1 Å². The van der Waals surface area contributed by atoms with Crippen LogP contribution < -0.4 is 10.6 Å². The number of guanidine groups is 1. The fourth-order valence-electron chi connectivity index (χ4n) is 2.18. The molecule has 1 rings (SSSR count). The van der Waals surface area contributed by atoms with E-state index in [0.717, 1.165) is 37.1 Å². The molecule has 1 aromatic heterocycles. The van der Waals surface area contributed by atoms with Gasteiger partial charge in [0, 0.05) is 30.2 Å². The van der Waals surface area contributed by atoms with E-state index in [4.69, 9.17) is 0 Å². The highest BCUT2D eigenvalue weighted by Crippen LogP contribution is 2.11. The van der Waals surface area contributed by atoms with Crippen LogP contribution in [0.5, 0.6) is 0 Å². The summed E-state index contributed by atoms with van der Waals surface area (Å²) in [6.07, 6.45) is 1.90. The molecule has 1 aromatic rings. The second-order valence-corrected chi connectivity index (χ2v) is 6.33. The summed E-state index contributed by atoms with van der Waals surface area (Å²) < 4.78 is 0. The van der Waals surface area contributed by atoms with Gasteiger partial charge >= 0.3 is 0 Å². The van der Waals surface area contributed by atoms with E-state index in [1.54, 1.807) is 11.3 Å². The molecule has 0 bridgehead atoms. The van der Waals surface area contributed by atoms with Crippen LogP contribution in [0.1, 0.15) is 37.6 Å². The van der Waals surface area contributed by atoms with Crippen LogP contribution in [0.15, 0.2) is 11.2 Å². The monoisotopic (exact) mass is 439 g/mol.